The highest BCUT2D eigenvalue weighted by atomic mass is 32.1. The fraction of sp³-hybridized carbons (Fsp3) is 0.471. The minimum absolute atomic E-state index is 0.509. The van der Waals surface area contributed by atoms with Gasteiger partial charge in [-0.15, -0.1) is 11.3 Å². The Morgan fingerprint density at radius 3 is 3.10 bits per heavy atom. The normalized spacial score (nSPS) is 17.5. The molecule has 21 heavy (non-hydrogen) atoms. The molecule has 0 bridgehead atoms. The van der Waals surface area contributed by atoms with E-state index in [4.69, 9.17) is 4.74 Å². The molecule has 1 unspecified atom stereocenters. The second-order valence-electron chi connectivity index (χ2n) is 5.53. The van der Waals surface area contributed by atoms with Gasteiger partial charge >= 0.3 is 0 Å². The largest absolute Gasteiger partial charge is 0.486 e. The number of hydrogen-bond acceptors (Lipinski definition) is 4. The Morgan fingerprint density at radius 2 is 2.33 bits per heavy atom. The molecule has 1 aromatic carbocycles. The Labute approximate surface area is 130 Å². The molecule has 3 nitrogen and oxygen atoms in total. The van der Waals surface area contributed by atoms with Crippen molar-refractivity contribution in [2.45, 2.75) is 45.8 Å². The highest BCUT2D eigenvalue weighted by Gasteiger charge is 2.19. The molecule has 0 aliphatic heterocycles. The average molecular weight is 302 g/mol. The molecular formula is C17H22N2OS. The summed E-state index contributed by atoms with van der Waals surface area (Å²) >= 11 is 1.66. The minimum atomic E-state index is 0.509. The quantitative estimate of drug-likeness (QED) is 0.906. The SMILES string of the molecule is CCNC1CCCc2cc(OCc3nc(C)cs3)ccc21. The van der Waals surface area contributed by atoms with E-state index < -0.39 is 0 Å². The molecule has 0 fully saturated rings. The first-order valence-corrected chi connectivity index (χ1v) is 8.54. The van der Waals surface area contributed by atoms with Gasteiger partial charge in [-0.3, -0.25) is 0 Å². The Balaban J connectivity index is 1.70. The first kappa shape index (κ1) is 14.5. The van der Waals surface area contributed by atoms with E-state index in [-0.39, 0.29) is 0 Å². The second-order valence-corrected chi connectivity index (χ2v) is 6.48. The van der Waals surface area contributed by atoms with Gasteiger partial charge in [0.25, 0.3) is 0 Å². The summed E-state index contributed by atoms with van der Waals surface area (Å²) in [7, 11) is 0. The Morgan fingerprint density at radius 1 is 1.43 bits per heavy atom. The number of hydrogen-bond donors (Lipinski definition) is 1. The van der Waals surface area contributed by atoms with Gasteiger partial charge < -0.3 is 10.1 Å². The standard InChI is InChI=1S/C17H22N2OS/c1-3-18-16-6-4-5-13-9-14(7-8-15(13)16)20-10-17-19-12(2)11-21-17/h7-9,11,16,18H,3-6,10H2,1-2H3. The molecule has 4 heteroatoms. The van der Waals surface area contributed by atoms with Crippen molar-refractivity contribution < 1.29 is 4.74 Å². The van der Waals surface area contributed by atoms with Crippen LogP contribution in [0.5, 0.6) is 5.75 Å². The molecule has 0 amide bonds. The van der Waals surface area contributed by atoms with E-state index in [0.717, 1.165) is 29.4 Å². The van der Waals surface area contributed by atoms with Crippen molar-refractivity contribution in [2.24, 2.45) is 0 Å². The fourth-order valence-electron chi connectivity index (χ4n) is 2.95. The van der Waals surface area contributed by atoms with Crippen LogP contribution in [0.2, 0.25) is 0 Å². The average Bonchev–Trinajstić information content (AvgIpc) is 2.91. The van der Waals surface area contributed by atoms with E-state index in [2.05, 4.69) is 40.8 Å². The van der Waals surface area contributed by atoms with Gasteiger partial charge in [0, 0.05) is 17.1 Å². The Hall–Kier alpha value is -1.39. The maximum atomic E-state index is 5.89. The van der Waals surface area contributed by atoms with Gasteiger partial charge in [0.1, 0.15) is 17.4 Å². The van der Waals surface area contributed by atoms with Crippen LogP contribution in [0.15, 0.2) is 23.6 Å². The predicted molar refractivity (Wildman–Crippen MR) is 87.0 cm³/mol. The van der Waals surface area contributed by atoms with Gasteiger partial charge in [0.2, 0.25) is 0 Å². The fourth-order valence-corrected chi connectivity index (χ4v) is 3.64. The Kier molecular flexibility index (Phi) is 4.56. The van der Waals surface area contributed by atoms with E-state index in [1.807, 2.05) is 6.92 Å². The lowest BCUT2D eigenvalue weighted by molar-refractivity contribution is 0.304. The van der Waals surface area contributed by atoms with Crippen LogP contribution >= 0.6 is 11.3 Å². The molecule has 2 aromatic rings. The molecule has 1 atom stereocenters. The van der Waals surface area contributed by atoms with Gasteiger partial charge in [-0.25, -0.2) is 4.98 Å². The van der Waals surface area contributed by atoms with Gasteiger partial charge in [-0.05, 0) is 56.0 Å². The first-order chi connectivity index (χ1) is 10.3. The maximum absolute atomic E-state index is 5.89. The van der Waals surface area contributed by atoms with Crippen LogP contribution < -0.4 is 10.1 Å². The lowest BCUT2D eigenvalue weighted by Crippen LogP contribution is -2.24. The summed E-state index contributed by atoms with van der Waals surface area (Å²) in [5.41, 5.74) is 3.94. The lowest BCUT2D eigenvalue weighted by atomic mass is 9.87. The molecule has 1 aliphatic rings. The number of thiazole rings is 1. The highest BCUT2D eigenvalue weighted by molar-refractivity contribution is 7.09. The minimum Gasteiger partial charge on any atom is -0.486 e. The molecule has 1 N–H and O–H groups in total. The molecule has 112 valence electrons. The number of rotatable bonds is 5. The number of fused-ring (bicyclic) bond motifs is 1. The van der Waals surface area contributed by atoms with Gasteiger partial charge in [-0.2, -0.15) is 0 Å². The van der Waals surface area contributed by atoms with E-state index in [9.17, 15) is 0 Å². The number of nitrogens with one attached hydrogen (secondary N) is 1. The van der Waals surface area contributed by atoms with Gasteiger partial charge in [0.05, 0.1) is 0 Å². The third-order valence-electron chi connectivity index (χ3n) is 3.91. The molecular weight excluding hydrogens is 280 g/mol. The summed E-state index contributed by atoms with van der Waals surface area (Å²) in [6, 6.07) is 7.04. The number of benzene rings is 1. The summed E-state index contributed by atoms with van der Waals surface area (Å²) in [4.78, 5) is 4.43. The van der Waals surface area contributed by atoms with E-state index in [0.29, 0.717) is 12.6 Å². The van der Waals surface area contributed by atoms with Crippen LogP contribution in [0.3, 0.4) is 0 Å². The van der Waals surface area contributed by atoms with Crippen molar-refractivity contribution in [1.82, 2.24) is 10.3 Å². The zero-order valence-electron chi connectivity index (χ0n) is 12.7. The zero-order chi connectivity index (χ0) is 14.7. The number of aromatic nitrogens is 1. The topological polar surface area (TPSA) is 34.1 Å². The summed E-state index contributed by atoms with van der Waals surface area (Å²) in [6.45, 7) is 5.77. The van der Waals surface area contributed by atoms with E-state index in [1.165, 1.54) is 24.0 Å². The number of nitrogens with zero attached hydrogens (tertiary/aromatic N) is 1. The molecule has 1 aromatic heterocycles. The summed E-state index contributed by atoms with van der Waals surface area (Å²) in [6.07, 6.45) is 3.64. The Bertz CT molecular complexity index is 609. The van der Waals surface area contributed by atoms with Crippen LogP contribution in [-0.4, -0.2) is 11.5 Å². The first-order valence-electron chi connectivity index (χ1n) is 7.66. The van der Waals surface area contributed by atoms with Crippen molar-refractivity contribution in [3.63, 3.8) is 0 Å². The third-order valence-corrected chi connectivity index (χ3v) is 4.85. The summed E-state index contributed by atoms with van der Waals surface area (Å²) < 4.78 is 5.89. The molecule has 1 aliphatic carbocycles. The third kappa shape index (κ3) is 3.44. The second kappa shape index (κ2) is 6.58. The van der Waals surface area contributed by atoms with Crippen LogP contribution in [-0.2, 0) is 13.0 Å². The van der Waals surface area contributed by atoms with E-state index in [1.54, 1.807) is 11.3 Å². The van der Waals surface area contributed by atoms with Crippen LogP contribution in [0.1, 0.15) is 47.6 Å². The molecule has 0 saturated carbocycles. The molecule has 3 rings (SSSR count). The molecule has 0 saturated heterocycles. The lowest BCUT2D eigenvalue weighted by Gasteiger charge is -2.26. The van der Waals surface area contributed by atoms with Crippen LogP contribution in [0, 0.1) is 6.92 Å². The van der Waals surface area contributed by atoms with Crippen molar-refractivity contribution in [1.29, 1.82) is 0 Å². The number of aryl methyl sites for hydroxylation is 2. The van der Waals surface area contributed by atoms with E-state index >= 15 is 0 Å². The van der Waals surface area contributed by atoms with Crippen molar-refractivity contribution in [3.8, 4) is 5.75 Å². The number of ether oxygens (including phenoxy) is 1. The van der Waals surface area contributed by atoms with Crippen molar-refractivity contribution in [3.05, 3.63) is 45.4 Å². The monoisotopic (exact) mass is 302 g/mol. The summed E-state index contributed by atoms with van der Waals surface area (Å²) in [5, 5.41) is 6.67. The maximum Gasteiger partial charge on any atom is 0.140 e. The van der Waals surface area contributed by atoms with Crippen LogP contribution in [0.4, 0.5) is 0 Å². The van der Waals surface area contributed by atoms with Gasteiger partial charge in [-0.1, -0.05) is 13.0 Å². The molecule has 1 heterocycles. The van der Waals surface area contributed by atoms with Gasteiger partial charge in [0.15, 0.2) is 0 Å². The molecule has 0 spiro atoms. The predicted octanol–water partition coefficient (Wildman–Crippen LogP) is 4.02. The summed E-state index contributed by atoms with van der Waals surface area (Å²) in [5.74, 6) is 0.957. The zero-order valence-corrected chi connectivity index (χ0v) is 13.5. The van der Waals surface area contributed by atoms with Crippen molar-refractivity contribution in [2.75, 3.05) is 6.54 Å². The van der Waals surface area contributed by atoms with Crippen molar-refractivity contribution >= 4 is 11.3 Å². The van der Waals surface area contributed by atoms with Crippen LogP contribution in [0.25, 0.3) is 0 Å². The highest BCUT2D eigenvalue weighted by Crippen LogP contribution is 2.32. The molecule has 0 radical (unpaired) electrons. The smallest absolute Gasteiger partial charge is 0.140 e.